The highest BCUT2D eigenvalue weighted by molar-refractivity contribution is 6.35. The van der Waals surface area contributed by atoms with Crippen LogP contribution in [0.3, 0.4) is 0 Å². The summed E-state index contributed by atoms with van der Waals surface area (Å²) in [6.07, 6.45) is 5.13. The summed E-state index contributed by atoms with van der Waals surface area (Å²) in [4.78, 5) is 19.2. The SMILES string of the molecule is CCc1cncc(/C(NC)=C2\CCN(C(=O)c3cccc(OC)c3Cl)C(C)C2=N)c1. The molecule has 158 valence electrons. The number of benzene rings is 1. The van der Waals surface area contributed by atoms with E-state index in [0.29, 0.717) is 35.0 Å². The number of ether oxygens (including phenoxy) is 1. The van der Waals surface area contributed by atoms with Crippen LogP contribution in [0.2, 0.25) is 5.02 Å². The van der Waals surface area contributed by atoms with Gasteiger partial charge in [-0.2, -0.15) is 0 Å². The summed E-state index contributed by atoms with van der Waals surface area (Å²) in [6.45, 7) is 4.46. The van der Waals surface area contributed by atoms with E-state index in [9.17, 15) is 4.79 Å². The quantitative estimate of drug-likeness (QED) is 0.751. The lowest BCUT2D eigenvalue weighted by molar-refractivity contribution is 0.0728. The number of methoxy groups -OCH3 is 1. The average Bonchev–Trinajstić information content (AvgIpc) is 2.77. The number of hydrogen-bond acceptors (Lipinski definition) is 5. The Morgan fingerprint density at radius 1 is 1.40 bits per heavy atom. The molecule has 1 saturated heterocycles. The van der Waals surface area contributed by atoms with Gasteiger partial charge in [-0.15, -0.1) is 0 Å². The number of likely N-dealkylation sites (tertiary alicyclic amines) is 1. The Labute approximate surface area is 182 Å². The third-order valence-electron chi connectivity index (χ3n) is 5.53. The van der Waals surface area contributed by atoms with Crippen molar-refractivity contribution in [3.63, 3.8) is 0 Å². The minimum atomic E-state index is -0.380. The van der Waals surface area contributed by atoms with Gasteiger partial charge in [0.05, 0.1) is 29.4 Å². The summed E-state index contributed by atoms with van der Waals surface area (Å²) in [5, 5.41) is 12.3. The van der Waals surface area contributed by atoms with Gasteiger partial charge in [0, 0.05) is 42.8 Å². The molecule has 0 saturated carbocycles. The number of aromatic nitrogens is 1. The van der Waals surface area contributed by atoms with Gasteiger partial charge in [-0.1, -0.05) is 24.6 Å². The Bertz CT molecular complexity index is 1000. The van der Waals surface area contributed by atoms with Gasteiger partial charge in [-0.3, -0.25) is 9.78 Å². The lowest BCUT2D eigenvalue weighted by Gasteiger charge is -2.36. The summed E-state index contributed by atoms with van der Waals surface area (Å²) in [7, 11) is 3.37. The van der Waals surface area contributed by atoms with Crippen molar-refractivity contribution < 1.29 is 9.53 Å². The number of halogens is 1. The van der Waals surface area contributed by atoms with Crippen LogP contribution in [0, 0.1) is 5.41 Å². The first-order valence-electron chi connectivity index (χ1n) is 10.00. The number of carbonyl (C=O) groups excluding carboxylic acids is 1. The predicted molar refractivity (Wildman–Crippen MR) is 120 cm³/mol. The molecule has 1 aromatic heterocycles. The van der Waals surface area contributed by atoms with E-state index in [1.54, 1.807) is 23.1 Å². The second-order valence-electron chi connectivity index (χ2n) is 7.20. The van der Waals surface area contributed by atoms with Crippen LogP contribution >= 0.6 is 11.6 Å². The molecule has 1 amide bonds. The zero-order valence-electron chi connectivity index (χ0n) is 17.8. The van der Waals surface area contributed by atoms with E-state index in [4.69, 9.17) is 21.7 Å². The molecule has 2 heterocycles. The van der Waals surface area contributed by atoms with Crippen LogP contribution in [0.5, 0.6) is 5.75 Å². The Balaban J connectivity index is 1.92. The Kier molecular flexibility index (Phi) is 6.77. The molecule has 1 aliphatic heterocycles. The first-order chi connectivity index (χ1) is 14.4. The highest BCUT2D eigenvalue weighted by Gasteiger charge is 2.33. The topological polar surface area (TPSA) is 78.3 Å². The molecule has 2 N–H and O–H groups in total. The summed E-state index contributed by atoms with van der Waals surface area (Å²) in [6, 6.07) is 6.87. The normalized spacial score (nSPS) is 18.2. The van der Waals surface area contributed by atoms with Gasteiger partial charge in [0.15, 0.2) is 0 Å². The van der Waals surface area contributed by atoms with Gasteiger partial charge >= 0.3 is 0 Å². The first kappa shape index (κ1) is 21.8. The number of nitrogens with zero attached hydrogens (tertiary/aromatic N) is 2. The number of hydrogen-bond donors (Lipinski definition) is 2. The van der Waals surface area contributed by atoms with Crippen molar-refractivity contribution in [2.24, 2.45) is 0 Å². The average molecular weight is 427 g/mol. The molecule has 1 aliphatic rings. The standard InChI is InChI=1S/C23H27ClN4O2/c1-5-15-11-16(13-27-12-15)22(26-3)18-9-10-28(14(2)21(18)25)23(29)17-7-6-8-19(30-4)20(17)24/h6-8,11-14,25-26H,5,9-10H2,1-4H3/b22-18-,25-21?. The van der Waals surface area contributed by atoms with E-state index in [2.05, 4.69) is 23.3 Å². The zero-order chi connectivity index (χ0) is 21.8. The Hall–Kier alpha value is -2.86. The van der Waals surface area contributed by atoms with Crippen molar-refractivity contribution >= 4 is 28.9 Å². The number of aryl methyl sites for hydroxylation is 1. The van der Waals surface area contributed by atoms with Gasteiger partial charge in [-0.25, -0.2) is 0 Å². The van der Waals surface area contributed by atoms with Gasteiger partial charge in [0.1, 0.15) is 5.75 Å². The molecule has 3 rings (SSSR count). The maximum absolute atomic E-state index is 13.2. The summed E-state index contributed by atoms with van der Waals surface area (Å²) in [5.41, 5.74) is 4.69. The van der Waals surface area contributed by atoms with Crippen LogP contribution in [0.25, 0.3) is 5.70 Å². The second kappa shape index (κ2) is 9.30. The van der Waals surface area contributed by atoms with Gasteiger partial charge < -0.3 is 20.4 Å². The maximum atomic E-state index is 13.2. The highest BCUT2D eigenvalue weighted by Crippen LogP contribution is 2.32. The molecule has 1 fully saturated rings. The lowest BCUT2D eigenvalue weighted by Crippen LogP contribution is -2.48. The number of pyridine rings is 1. The van der Waals surface area contributed by atoms with Gasteiger partial charge in [0.25, 0.3) is 5.91 Å². The number of amides is 1. The Morgan fingerprint density at radius 2 is 2.17 bits per heavy atom. The molecule has 0 spiro atoms. The molecule has 2 aromatic rings. The van der Waals surface area contributed by atoms with Crippen LogP contribution in [-0.4, -0.2) is 48.2 Å². The smallest absolute Gasteiger partial charge is 0.256 e. The zero-order valence-corrected chi connectivity index (χ0v) is 18.5. The van der Waals surface area contributed by atoms with Crippen molar-refractivity contribution in [2.45, 2.75) is 32.7 Å². The summed E-state index contributed by atoms with van der Waals surface area (Å²) in [5.74, 6) is 0.263. The number of rotatable bonds is 5. The van der Waals surface area contributed by atoms with Crippen LogP contribution in [0.15, 0.2) is 42.2 Å². The van der Waals surface area contributed by atoms with E-state index < -0.39 is 0 Å². The van der Waals surface area contributed by atoms with E-state index in [1.165, 1.54) is 7.11 Å². The second-order valence-corrected chi connectivity index (χ2v) is 7.58. The molecule has 0 radical (unpaired) electrons. The van der Waals surface area contributed by atoms with Crippen molar-refractivity contribution in [2.75, 3.05) is 20.7 Å². The van der Waals surface area contributed by atoms with Crippen molar-refractivity contribution in [1.82, 2.24) is 15.2 Å². The molecule has 1 atom stereocenters. The first-order valence-corrected chi connectivity index (χ1v) is 10.4. The molecule has 6 nitrogen and oxygen atoms in total. The third-order valence-corrected chi connectivity index (χ3v) is 5.92. The van der Waals surface area contributed by atoms with Crippen LogP contribution in [0.4, 0.5) is 0 Å². The van der Waals surface area contributed by atoms with Gasteiger partial charge in [0.2, 0.25) is 0 Å². The van der Waals surface area contributed by atoms with E-state index in [-0.39, 0.29) is 11.9 Å². The molecule has 1 aromatic carbocycles. The van der Waals surface area contributed by atoms with E-state index in [0.717, 1.165) is 28.8 Å². The Morgan fingerprint density at radius 3 is 2.83 bits per heavy atom. The minimum Gasteiger partial charge on any atom is -0.495 e. The third kappa shape index (κ3) is 4.05. The fourth-order valence-corrected chi connectivity index (χ4v) is 4.07. The van der Waals surface area contributed by atoms with Crippen molar-refractivity contribution in [3.8, 4) is 5.75 Å². The monoisotopic (exact) mass is 426 g/mol. The molecule has 0 bridgehead atoms. The number of nitrogens with one attached hydrogen (secondary N) is 2. The predicted octanol–water partition coefficient (Wildman–Crippen LogP) is 4.19. The maximum Gasteiger partial charge on any atom is 0.256 e. The van der Waals surface area contributed by atoms with E-state index >= 15 is 0 Å². The fraction of sp³-hybridized carbons (Fsp3) is 0.348. The lowest BCUT2D eigenvalue weighted by atomic mass is 9.90. The molecule has 7 heteroatoms. The largest absolute Gasteiger partial charge is 0.495 e. The summed E-state index contributed by atoms with van der Waals surface area (Å²) >= 11 is 6.36. The van der Waals surface area contributed by atoms with Crippen LogP contribution in [0.1, 0.15) is 41.8 Å². The molecular formula is C23H27ClN4O2. The van der Waals surface area contributed by atoms with Crippen molar-refractivity contribution in [1.29, 1.82) is 5.41 Å². The fourth-order valence-electron chi connectivity index (χ4n) is 3.78. The van der Waals surface area contributed by atoms with E-state index in [1.807, 2.05) is 26.4 Å². The molecular weight excluding hydrogens is 400 g/mol. The summed E-state index contributed by atoms with van der Waals surface area (Å²) < 4.78 is 5.24. The van der Waals surface area contributed by atoms with Crippen molar-refractivity contribution in [3.05, 3.63) is 63.9 Å². The number of carbonyl (C=O) groups is 1. The van der Waals surface area contributed by atoms with Crippen LogP contribution < -0.4 is 10.1 Å². The van der Waals surface area contributed by atoms with Gasteiger partial charge in [-0.05, 0) is 43.5 Å². The van der Waals surface area contributed by atoms with Crippen LogP contribution in [-0.2, 0) is 6.42 Å². The highest BCUT2D eigenvalue weighted by atomic mass is 35.5. The molecule has 1 unspecified atom stereocenters. The number of piperidine rings is 1. The molecule has 30 heavy (non-hydrogen) atoms. The molecule has 0 aliphatic carbocycles. The minimum absolute atomic E-state index is 0.198.